The van der Waals surface area contributed by atoms with Crippen molar-refractivity contribution in [1.82, 2.24) is 5.01 Å². The fraction of sp³-hybridized carbons (Fsp3) is 0.241. The summed E-state index contributed by atoms with van der Waals surface area (Å²) in [5, 5.41) is 7.34. The van der Waals surface area contributed by atoms with Crippen molar-refractivity contribution in [3.8, 4) is 11.5 Å². The lowest BCUT2D eigenvalue weighted by Gasteiger charge is -2.30. The van der Waals surface area contributed by atoms with Crippen LogP contribution in [-0.4, -0.2) is 30.8 Å². The minimum Gasteiger partial charge on any atom is -0.497 e. The highest BCUT2D eigenvalue weighted by atomic mass is 35.5. The molecule has 3 aromatic carbocycles. The Kier molecular flexibility index (Phi) is 7.04. The number of allylic oxidation sites excluding steroid dienone is 1. The third-order valence-corrected chi connectivity index (χ3v) is 7.33. The van der Waals surface area contributed by atoms with Gasteiger partial charge in [-0.15, -0.1) is 0 Å². The molecule has 36 heavy (non-hydrogen) atoms. The first-order valence-electron chi connectivity index (χ1n) is 11.8. The van der Waals surface area contributed by atoms with E-state index in [1.165, 1.54) is 0 Å². The molecule has 2 aliphatic rings. The summed E-state index contributed by atoms with van der Waals surface area (Å²) < 4.78 is 10.6. The third kappa shape index (κ3) is 4.73. The molecule has 0 spiro atoms. The highest BCUT2D eigenvalue weighted by Gasteiger charge is 2.44. The van der Waals surface area contributed by atoms with Crippen molar-refractivity contribution in [2.75, 3.05) is 14.2 Å². The van der Waals surface area contributed by atoms with Gasteiger partial charge in [-0.3, -0.25) is 4.79 Å². The van der Waals surface area contributed by atoms with Crippen molar-refractivity contribution in [2.24, 2.45) is 11.0 Å². The van der Waals surface area contributed by atoms with Crippen LogP contribution in [0.2, 0.25) is 10.0 Å². The van der Waals surface area contributed by atoms with Gasteiger partial charge < -0.3 is 9.47 Å². The molecule has 0 unspecified atom stereocenters. The summed E-state index contributed by atoms with van der Waals surface area (Å²) in [5.41, 5.74) is 4.55. The first-order valence-corrected chi connectivity index (χ1v) is 12.6. The van der Waals surface area contributed by atoms with E-state index in [9.17, 15) is 4.79 Å². The number of ether oxygens (including phenoxy) is 2. The van der Waals surface area contributed by atoms with E-state index < -0.39 is 0 Å². The van der Waals surface area contributed by atoms with E-state index in [2.05, 4.69) is 6.08 Å². The van der Waals surface area contributed by atoms with Gasteiger partial charge in [0.2, 0.25) is 0 Å². The highest BCUT2D eigenvalue weighted by molar-refractivity contribution is 6.36. The molecule has 5 nitrogen and oxygen atoms in total. The van der Waals surface area contributed by atoms with Gasteiger partial charge in [0.1, 0.15) is 11.5 Å². The van der Waals surface area contributed by atoms with Gasteiger partial charge in [-0.05, 0) is 84.5 Å². The number of carbonyl (C=O) groups is 1. The van der Waals surface area contributed by atoms with Gasteiger partial charge in [0.05, 0.1) is 36.6 Å². The van der Waals surface area contributed by atoms with E-state index in [-0.39, 0.29) is 17.9 Å². The van der Waals surface area contributed by atoms with Crippen molar-refractivity contribution in [3.05, 3.63) is 99.0 Å². The number of nitrogens with zero attached hydrogens (tertiary/aromatic N) is 2. The molecule has 7 heteroatoms. The average Bonchev–Trinajstić information content (AvgIpc) is 3.29. The molecule has 1 heterocycles. The first kappa shape index (κ1) is 24.4. The van der Waals surface area contributed by atoms with Crippen LogP contribution in [0.3, 0.4) is 0 Å². The van der Waals surface area contributed by atoms with Crippen molar-refractivity contribution in [2.45, 2.75) is 25.3 Å². The molecule has 184 valence electrons. The zero-order valence-corrected chi connectivity index (χ0v) is 21.6. The summed E-state index contributed by atoms with van der Waals surface area (Å²) >= 11 is 12.5. The van der Waals surface area contributed by atoms with E-state index in [4.69, 9.17) is 37.8 Å². The Morgan fingerprint density at radius 2 is 1.64 bits per heavy atom. The summed E-state index contributed by atoms with van der Waals surface area (Å²) in [5.74, 6) is 1.41. The maximum Gasteiger partial charge on any atom is 0.276 e. The van der Waals surface area contributed by atoms with Crippen LogP contribution >= 0.6 is 23.2 Å². The number of rotatable bonds is 5. The summed E-state index contributed by atoms with van der Waals surface area (Å²) in [7, 11) is 3.30. The number of amides is 1. The average molecular weight is 521 g/mol. The van der Waals surface area contributed by atoms with E-state index >= 15 is 0 Å². The van der Waals surface area contributed by atoms with Gasteiger partial charge in [0.25, 0.3) is 5.91 Å². The Bertz CT molecular complexity index is 1330. The van der Waals surface area contributed by atoms with Crippen molar-refractivity contribution in [3.63, 3.8) is 0 Å². The van der Waals surface area contributed by atoms with Gasteiger partial charge >= 0.3 is 0 Å². The number of hydrazone groups is 1. The van der Waals surface area contributed by atoms with Crippen molar-refractivity contribution < 1.29 is 14.3 Å². The van der Waals surface area contributed by atoms with Crippen LogP contribution in [0.1, 0.15) is 46.8 Å². The zero-order chi connectivity index (χ0) is 25.2. The second-order valence-electron chi connectivity index (χ2n) is 8.92. The van der Waals surface area contributed by atoms with Crippen LogP contribution in [0.5, 0.6) is 11.5 Å². The Morgan fingerprint density at radius 3 is 2.28 bits per heavy atom. The molecule has 1 saturated carbocycles. The summed E-state index contributed by atoms with van der Waals surface area (Å²) in [6, 6.07) is 20.5. The SMILES string of the molecule is COc1ccc(/C=C2\CCC[C@@H]3C2=NN(C(=O)c2ccc(Cl)cc2Cl)[C@H]3c2ccc(OC)cc2)cc1. The van der Waals surface area contributed by atoms with E-state index in [1.807, 2.05) is 48.5 Å². The van der Waals surface area contributed by atoms with Crippen molar-refractivity contribution in [1.29, 1.82) is 0 Å². The molecule has 0 aromatic heterocycles. The Morgan fingerprint density at radius 1 is 0.972 bits per heavy atom. The minimum absolute atomic E-state index is 0.0756. The predicted molar refractivity (Wildman–Crippen MR) is 144 cm³/mol. The van der Waals surface area contributed by atoms with Crippen LogP contribution in [0, 0.1) is 5.92 Å². The lowest BCUT2D eigenvalue weighted by atomic mass is 9.77. The zero-order valence-electron chi connectivity index (χ0n) is 20.1. The molecule has 3 aromatic rings. The molecule has 0 N–H and O–H groups in total. The maximum absolute atomic E-state index is 13.8. The molecule has 1 fully saturated rings. The topological polar surface area (TPSA) is 51.1 Å². The number of fused-ring (bicyclic) bond motifs is 1. The molecule has 5 rings (SSSR count). The second-order valence-corrected chi connectivity index (χ2v) is 9.76. The van der Waals surface area contributed by atoms with Gasteiger partial charge in [-0.1, -0.05) is 47.5 Å². The highest BCUT2D eigenvalue weighted by Crippen LogP contribution is 2.45. The molecule has 0 saturated heterocycles. The summed E-state index contributed by atoms with van der Waals surface area (Å²) in [4.78, 5) is 13.8. The number of carbonyl (C=O) groups excluding carboxylic acids is 1. The molecule has 0 bridgehead atoms. The largest absolute Gasteiger partial charge is 0.497 e. The standard InChI is InChI=1S/C29H26Cl2N2O3/c1-35-22-11-6-18(7-12-22)16-20-4-3-5-25-27(20)32-33(28(25)19-8-13-23(36-2)14-9-19)29(34)24-15-10-21(30)17-26(24)31/h6-17,25,28H,3-5H2,1-2H3/b20-16+/t25-,28+/m1/s1. The molecule has 2 atom stereocenters. The molecule has 1 aliphatic heterocycles. The molecule has 0 radical (unpaired) electrons. The van der Waals surface area contributed by atoms with Crippen LogP contribution in [0.4, 0.5) is 0 Å². The fourth-order valence-corrected chi connectivity index (χ4v) is 5.48. The smallest absolute Gasteiger partial charge is 0.276 e. The van der Waals surface area contributed by atoms with Crippen LogP contribution in [0.15, 0.2) is 77.4 Å². The molecule has 1 amide bonds. The summed E-state index contributed by atoms with van der Waals surface area (Å²) in [6.07, 6.45) is 5.02. The monoisotopic (exact) mass is 520 g/mol. The van der Waals surface area contributed by atoms with Gasteiger partial charge in [-0.2, -0.15) is 5.10 Å². The maximum atomic E-state index is 13.8. The first-order chi connectivity index (χ1) is 17.5. The minimum atomic E-state index is -0.247. The number of hydrogen-bond acceptors (Lipinski definition) is 4. The number of hydrogen-bond donors (Lipinski definition) is 0. The molecular weight excluding hydrogens is 495 g/mol. The molecule has 1 aliphatic carbocycles. The van der Waals surface area contributed by atoms with Gasteiger partial charge in [0, 0.05) is 10.9 Å². The number of halogens is 2. The molecular formula is C29H26Cl2N2O3. The quantitative estimate of drug-likeness (QED) is 0.351. The predicted octanol–water partition coefficient (Wildman–Crippen LogP) is 7.45. The Balaban J connectivity index is 1.57. The van der Waals surface area contributed by atoms with E-state index in [0.29, 0.717) is 15.6 Å². The van der Waals surface area contributed by atoms with Crippen molar-refractivity contribution >= 4 is 40.9 Å². The third-order valence-electron chi connectivity index (χ3n) is 6.79. The van der Waals surface area contributed by atoms with E-state index in [1.54, 1.807) is 37.4 Å². The second kappa shape index (κ2) is 10.4. The van der Waals surface area contributed by atoms with E-state index in [0.717, 1.165) is 53.2 Å². The Hall–Kier alpha value is -3.28. The van der Waals surface area contributed by atoms with Crippen LogP contribution in [0.25, 0.3) is 6.08 Å². The van der Waals surface area contributed by atoms with Gasteiger partial charge in [-0.25, -0.2) is 5.01 Å². The Labute approximate surface area is 220 Å². The lowest BCUT2D eigenvalue weighted by Crippen LogP contribution is -2.32. The normalized spacial score (nSPS) is 20.2. The van der Waals surface area contributed by atoms with Crippen LogP contribution < -0.4 is 9.47 Å². The van der Waals surface area contributed by atoms with Crippen LogP contribution in [-0.2, 0) is 0 Å². The van der Waals surface area contributed by atoms with Gasteiger partial charge in [0.15, 0.2) is 0 Å². The number of methoxy groups -OCH3 is 2. The summed E-state index contributed by atoms with van der Waals surface area (Å²) in [6.45, 7) is 0. The lowest BCUT2D eigenvalue weighted by molar-refractivity contribution is 0.0681. The fourth-order valence-electron chi connectivity index (χ4n) is 4.99. The number of benzene rings is 3.